The summed E-state index contributed by atoms with van der Waals surface area (Å²) in [7, 11) is 0. The van der Waals surface area contributed by atoms with Crippen LogP contribution in [0.2, 0.25) is 0 Å². The van der Waals surface area contributed by atoms with Crippen molar-refractivity contribution in [3.8, 4) is 0 Å². The average molecular weight is 265 g/mol. The fraction of sp³-hybridized carbons (Fsp3) is 0.600. The van der Waals surface area contributed by atoms with E-state index in [1.165, 1.54) is 4.90 Å². The first kappa shape index (κ1) is 15.5. The highest BCUT2D eigenvalue weighted by Gasteiger charge is 2.39. The molecule has 1 rings (SSSR count). The van der Waals surface area contributed by atoms with Crippen molar-refractivity contribution >= 4 is 12.0 Å². The molecule has 0 spiro atoms. The van der Waals surface area contributed by atoms with E-state index in [4.69, 9.17) is 4.74 Å². The van der Waals surface area contributed by atoms with E-state index in [9.17, 15) is 9.59 Å². The van der Waals surface area contributed by atoms with Crippen LogP contribution in [-0.2, 0) is 9.53 Å². The second-order valence-electron chi connectivity index (χ2n) is 5.41. The number of cyclic esters (lactones) is 1. The summed E-state index contributed by atoms with van der Waals surface area (Å²) in [5.74, 6) is 0.170. The van der Waals surface area contributed by atoms with Gasteiger partial charge in [0, 0.05) is 5.57 Å². The molecule has 106 valence electrons. The van der Waals surface area contributed by atoms with Crippen molar-refractivity contribution in [1.29, 1.82) is 0 Å². The molecule has 1 aliphatic heterocycles. The zero-order valence-electron chi connectivity index (χ0n) is 12.2. The predicted molar refractivity (Wildman–Crippen MR) is 74.6 cm³/mol. The monoisotopic (exact) mass is 265 g/mol. The number of hydrogen-bond acceptors (Lipinski definition) is 3. The fourth-order valence-corrected chi connectivity index (χ4v) is 2.18. The molecule has 0 saturated carbocycles. The number of allylic oxidation sites excluding steroid dienone is 2. The molecule has 19 heavy (non-hydrogen) atoms. The maximum atomic E-state index is 12.3. The van der Waals surface area contributed by atoms with Crippen molar-refractivity contribution in [3.63, 3.8) is 0 Å². The van der Waals surface area contributed by atoms with Crippen LogP contribution in [0, 0.1) is 11.8 Å². The average Bonchev–Trinajstić information content (AvgIpc) is 2.70. The van der Waals surface area contributed by atoms with Crippen molar-refractivity contribution < 1.29 is 14.3 Å². The van der Waals surface area contributed by atoms with Crippen molar-refractivity contribution in [2.45, 2.75) is 40.2 Å². The highest BCUT2D eigenvalue weighted by Crippen LogP contribution is 2.22. The molecule has 1 heterocycles. The van der Waals surface area contributed by atoms with Crippen molar-refractivity contribution in [1.82, 2.24) is 4.90 Å². The lowest BCUT2D eigenvalue weighted by Crippen LogP contribution is -2.42. The number of hydrogen-bond donors (Lipinski definition) is 0. The Balaban J connectivity index is 2.85. The van der Waals surface area contributed by atoms with Crippen LogP contribution in [0.3, 0.4) is 0 Å². The summed E-state index contributed by atoms with van der Waals surface area (Å²) in [6.07, 6.45) is 3.98. The zero-order chi connectivity index (χ0) is 14.6. The van der Waals surface area contributed by atoms with Gasteiger partial charge in [0.25, 0.3) is 5.91 Å². The number of amides is 2. The Bertz CT molecular complexity index is 398. The Morgan fingerprint density at radius 2 is 2.16 bits per heavy atom. The largest absolute Gasteiger partial charge is 0.447 e. The van der Waals surface area contributed by atoms with Crippen LogP contribution < -0.4 is 0 Å². The lowest BCUT2D eigenvalue weighted by Gasteiger charge is -2.23. The number of nitrogens with zero attached hydrogens (tertiary/aromatic N) is 1. The topological polar surface area (TPSA) is 46.6 Å². The summed E-state index contributed by atoms with van der Waals surface area (Å²) in [4.78, 5) is 25.3. The Labute approximate surface area is 115 Å². The Morgan fingerprint density at radius 1 is 1.53 bits per heavy atom. The fourth-order valence-electron chi connectivity index (χ4n) is 2.18. The van der Waals surface area contributed by atoms with E-state index >= 15 is 0 Å². The Morgan fingerprint density at radius 3 is 2.68 bits per heavy atom. The number of carbonyl (C=O) groups is 2. The lowest BCUT2D eigenvalue weighted by molar-refractivity contribution is -0.125. The lowest BCUT2D eigenvalue weighted by atomic mass is 10.0. The van der Waals surface area contributed by atoms with Crippen LogP contribution >= 0.6 is 0 Å². The quantitative estimate of drug-likeness (QED) is 0.566. The molecule has 0 bridgehead atoms. The third-order valence-electron chi connectivity index (χ3n) is 3.30. The zero-order valence-corrected chi connectivity index (χ0v) is 12.2. The van der Waals surface area contributed by atoms with Crippen molar-refractivity contribution in [2.75, 3.05) is 6.61 Å². The van der Waals surface area contributed by atoms with Gasteiger partial charge in [0.1, 0.15) is 6.61 Å². The minimum atomic E-state index is -0.534. The molecule has 0 aliphatic carbocycles. The molecule has 0 N–H and O–H groups in total. The van der Waals surface area contributed by atoms with Crippen LogP contribution in [0.1, 0.15) is 34.1 Å². The normalized spacial score (nSPS) is 21.5. The molecule has 4 nitrogen and oxygen atoms in total. The molecule has 0 radical (unpaired) electrons. The summed E-state index contributed by atoms with van der Waals surface area (Å²) >= 11 is 0. The first-order chi connectivity index (χ1) is 8.88. The summed E-state index contributed by atoms with van der Waals surface area (Å²) in [6, 6.07) is -0.168. The van der Waals surface area contributed by atoms with Crippen LogP contribution in [0.4, 0.5) is 4.79 Å². The van der Waals surface area contributed by atoms with Gasteiger partial charge in [0.15, 0.2) is 0 Å². The van der Waals surface area contributed by atoms with Gasteiger partial charge in [0.2, 0.25) is 0 Å². The molecule has 2 amide bonds. The van der Waals surface area contributed by atoms with Gasteiger partial charge in [-0.05, 0) is 25.2 Å². The van der Waals surface area contributed by atoms with Crippen molar-refractivity contribution in [3.05, 3.63) is 24.3 Å². The summed E-state index contributed by atoms with van der Waals surface area (Å²) in [5, 5.41) is 0. The number of carbonyl (C=O) groups excluding carboxylic acids is 2. The molecule has 1 saturated heterocycles. The molecular weight excluding hydrogens is 242 g/mol. The summed E-state index contributed by atoms with van der Waals surface area (Å²) in [6.45, 7) is 11.7. The molecule has 0 aromatic heterocycles. The van der Waals surface area contributed by atoms with Gasteiger partial charge in [-0.15, -0.1) is 6.58 Å². The SMILES string of the molecule is C=CC[C@@H](C)/C=C(\C)C(=O)N1C(=O)OC[C@@H]1C(C)C. The van der Waals surface area contributed by atoms with Gasteiger partial charge in [-0.1, -0.05) is 32.9 Å². The number of ether oxygens (including phenoxy) is 1. The van der Waals surface area contributed by atoms with Gasteiger partial charge in [0.05, 0.1) is 6.04 Å². The van der Waals surface area contributed by atoms with Crippen molar-refractivity contribution in [2.24, 2.45) is 11.8 Å². The van der Waals surface area contributed by atoms with E-state index in [0.717, 1.165) is 6.42 Å². The highest BCUT2D eigenvalue weighted by atomic mass is 16.6. The molecule has 1 fully saturated rings. The Kier molecular flexibility index (Phi) is 5.33. The Hall–Kier alpha value is -1.58. The minimum Gasteiger partial charge on any atom is -0.447 e. The molecule has 0 aromatic carbocycles. The predicted octanol–water partition coefficient (Wildman–Crippen LogP) is 3.15. The molecule has 0 aromatic rings. The van der Waals surface area contributed by atoms with Gasteiger partial charge in [-0.2, -0.15) is 0 Å². The maximum absolute atomic E-state index is 12.3. The summed E-state index contributed by atoms with van der Waals surface area (Å²) in [5.41, 5.74) is 0.582. The third-order valence-corrected chi connectivity index (χ3v) is 3.30. The van der Waals surface area contributed by atoms with E-state index in [1.54, 1.807) is 6.92 Å². The van der Waals surface area contributed by atoms with E-state index in [1.807, 2.05) is 32.9 Å². The minimum absolute atomic E-state index is 0.168. The van der Waals surface area contributed by atoms with Gasteiger partial charge in [-0.25, -0.2) is 9.69 Å². The number of rotatable bonds is 5. The standard InChI is InChI=1S/C15H23NO3/c1-6-7-11(4)8-12(5)14(17)16-13(10(2)3)9-19-15(16)18/h6,8,10-11,13H,1,7,9H2,2-5H3/b12-8+/t11-,13-/m1/s1. The van der Waals surface area contributed by atoms with Crippen LogP contribution in [0.15, 0.2) is 24.3 Å². The smallest absolute Gasteiger partial charge is 0.417 e. The summed E-state index contributed by atoms with van der Waals surface area (Å²) < 4.78 is 4.99. The first-order valence-electron chi connectivity index (χ1n) is 6.68. The van der Waals surface area contributed by atoms with E-state index in [2.05, 4.69) is 6.58 Å². The molecule has 0 unspecified atom stereocenters. The van der Waals surface area contributed by atoms with E-state index in [-0.39, 0.29) is 30.4 Å². The molecule has 4 heteroatoms. The molecule has 1 aliphatic rings. The van der Waals surface area contributed by atoms with E-state index < -0.39 is 6.09 Å². The first-order valence-corrected chi connectivity index (χ1v) is 6.68. The molecular formula is C15H23NO3. The van der Waals surface area contributed by atoms with Crippen LogP contribution in [-0.4, -0.2) is 29.5 Å². The number of imide groups is 1. The maximum Gasteiger partial charge on any atom is 0.417 e. The third kappa shape index (κ3) is 3.69. The van der Waals surface area contributed by atoms with Crippen LogP contribution in [0.5, 0.6) is 0 Å². The van der Waals surface area contributed by atoms with Gasteiger partial charge in [-0.3, -0.25) is 4.79 Å². The van der Waals surface area contributed by atoms with Gasteiger partial charge < -0.3 is 4.74 Å². The molecule has 2 atom stereocenters. The van der Waals surface area contributed by atoms with Gasteiger partial charge >= 0.3 is 6.09 Å². The van der Waals surface area contributed by atoms with Crippen LogP contribution in [0.25, 0.3) is 0 Å². The second-order valence-corrected chi connectivity index (χ2v) is 5.41. The van der Waals surface area contributed by atoms with E-state index in [0.29, 0.717) is 5.57 Å². The highest BCUT2D eigenvalue weighted by molar-refractivity contribution is 6.03. The second kappa shape index (κ2) is 6.55.